The molecule has 41 heavy (non-hydrogen) atoms. The largest absolute Gasteiger partial charge is 0.393 e. The summed E-state index contributed by atoms with van der Waals surface area (Å²) in [6.07, 6.45) is 2.51. The second-order valence-electron chi connectivity index (χ2n) is 11.4. The van der Waals surface area contributed by atoms with E-state index in [1.54, 1.807) is 0 Å². The molecule has 1 fully saturated rings. The third-order valence-electron chi connectivity index (χ3n) is 8.17. The molecule has 1 aliphatic rings. The van der Waals surface area contributed by atoms with E-state index in [-0.39, 0.29) is 12.1 Å². The van der Waals surface area contributed by atoms with Gasteiger partial charge in [0.25, 0.3) is 0 Å². The Morgan fingerprint density at radius 1 is 0.537 bits per heavy atom. The first-order valence-corrected chi connectivity index (χ1v) is 14.7. The molecule has 5 aromatic rings. The minimum atomic E-state index is -0.247. The molecule has 3 atom stereocenters. The van der Waals surface area contributed by atoms with Crippen molar-refractivity contribution in [2.24, 2.45) is 5.92 Å². The normalized spacial score (nSPS) is 18.6. The van der Waals surface area contributed by atoms with Crippen LogP contribution in [-0.2, 0) is 0 Å². The maximum atomic E-state index is 10.6. The van der Waals surface area contributed by atoms with E-state index in [4.69, 9.17) is 0 Å². The average molecular weight is 539 g/mol. The van der Waals surface area contributed by atoms with Crippen LogP contribution in [0.25, 0.3) is 11.1 Å². The van der Waals surface area contributed by atoms with E-state index in [0.29, 0.717) is 5.92 Å². The summed E-state index contributed by atoms with van der Waals surface area (Å²) in [5.41, 5.74) is 9.36. The molecule has 0 saturated heterocycles. The SMILES string of the molecule is Cc1cccc(N(c2ccccc2)c2ccc(-c3ccc(N(c4ccccc4)C4CC(C)CC(O)C4)cc3)cc2)c1. The number of benzene rings is 5. The molecule has 3 heteroatoms. The number of hydrogen-bond acceptors (Lipinski definition) is 3. The highest BCUT2D eigenvalue weighted by Crippen LogP contribution is 2.38. The summed E-state index contributed by atoms with van der Waals surface area (Å²) in [5.74, 6) is 0.503. The van der Waals surface area contributed by atoms with E-state index in [9.17, 15) is 5.11 Å². The van der Waals surface area contributed by atoms with Gasteiger partial charge in [0.15, 0.2) is 0 Å². The highest BCUT2D eigenvalue weighted by Gasteiger charge is 2.30. The molecule has 1 saturated carbocycles. The van der Waals surface area contributed by atoms with Crippen molar-refractivity contribution >= 4 is 28.4 Å². The predicted octanol–water partition coefficient (Wildman–Crippen LogP) is 9.82. The van der Waals surface area contributed by atoms with Crippen molar-refractivity contribution < 1.29 is 5.11 Å². The van der Waals surface area contributed by atoms with Gasteiger partial charge in [-0.15, -0.1) is 0 Å². The standard InChI is InChI=1S/C38H38N2O/c1-28-10-9-15-36(24-28)39(32-11-5-3-6-12-32)34-20-16-30(17-21-34)31-18-22-35(23-19-31)40(33-13-7-4-8-14-33)37-25-29(2)26-38(41)27-37/h3-24,29,37-38,41H,25-27H2,1-2H3. The maximum absolute atomic E-state index is 10.6. The van der Waals surface area contributed by atoms with Crippen LogP contribution in [0, 0.1) is 12.8 Å². The van der Waals surface area contributed by atoms with E-state index < -0.39 is 0 Å². The molecular formula is C38H38N2O. The summed E-state index contributed by atoms with van der Waals surface area (Å²) in [4.78, 5) is 4.72. The lowest BCUT2D eigenvalue weighted by Crippen LogP contribution is -2.40. The zero-order chi connectivity index (χ0) is 28.2. The topological polar surface area (TPSA) is 26.7 Å². The first-order chi connectivity index (χ1) is 20.0. The van der Waals surface area contributed by atoms with Gasteiger partial charge in [-0.25, -0.2) is 0 Å². The number of rotatable bonds is 7. The molecule has 1 N–H and O–H groups in total. The van der Waals surface area contributed by atoms with Gasteiger partial charge in [-0.1, -0.05) is 79.7 Å². The Bertz CT molecular complexity index is 1540. The molecule has 3 unspecified atom stereocenters. The number of para-hydroxylation sites is 2. The Labute approximate surface area is 244 Å². The van der Waals surface area contributed by atoms with Crippen LogP contribution in [0.3, 0.4) is 0 Å². The molecule has 0 aromatic heterocycles. The number of aliphatic hydroxyl groups excluding tert-OH is 1. The highest BCUT2D eigenvalue weighted by molar-refractivity contribution is 5.79. The molecule has 0 heterocycles. The first kappa shape index (κ1) is 26.9. The van der Waals surface area contributed by atoms with Gasteiger partial charge in [-0.05, 0) is 109 Å². The Kier molecular flexibility index (Phi) is 7.89. The minimum Gasteiger partial charge on any atom is -0.393 e. The van der Waals surface area contributed by atoms with Crippen molar-refractivity contribution in [2.45, 2.75) is 45.3 Å². The lowest BCUT2D eigenvalue weighted by Gasteiger charge is -2.40. The van der Waals surface area contributed by atoms with Crippen LogP contribution >= 0.6 is 0 Å². The average Bonchev–Trinajstić information content (AvgIpc) is 2.99. The van der Waals surface area contributed by atoms with Crippen molar-refractivity contribution in [3.8, 4) is 11.1 Å². The quantitative estimate of drug-likeness (QED) is 0.223. The molecule has 0 radical (unpaired) electrons. The summed E-state index contributed by atoms with van der Waals surface area (Å²) in [6.45, 7) is 4.39. The molecule has 1 aliphatic carbocycles. The first-order valence-electron chi connectivity index (χ1n) is 14.7. The fourth-order valence-corrected chi connectivity index (χ4v) is 6.31. The van der Waals surface area contributed by atoms with E-state index in [1.807, 2.05) is 0 Å². The van der Waals surface area contributed by atoms with Crippen molar-refractivity contribution in [3.63, 3.8) is 0 Å². The molecule has 3 nitrogen and oxygen atoms in total. The molecule has 6 rings (SSSR count). The van der Waals surface area contributed by atoms with Crippen LogP contribution in [-0.4, -0.2) is 17.3 Å². The molecule has 0 bridgehead atoms. The molecule has 206 valence electrons. The van der Waals surface area contributed by atoms with Gasteiger partial charge in [-0.3, -0.25) is 0 Å². The van der Waals surface area contributed by atoms with Crippen LogP contribution in [0.4, 0.5) is 28.4 Å². The summed E-state index contributed by atoms with van der Waals surface area (Å²) in [5, 5.41) is 10.6. The Morgan fingerprint density at radius 2 is 1.05 bits per heavy atom. The van der Waals surface area contributed by atoms with Crippen LogP contribution < -0.4 is 9.80 Å². The highest BCUT2D eigenvalue weighted by atomic mass is 16.3. The van der Waals surface area contributed by atoms with Gasteiger partial charge in [0.1, 0.15) is 0 Å². The number of aryl methyl sites for hydroxylation is 1. The van der Waals surface area contributed by atoms with Crippen LogP contribution in [0.15, 0.2) is 133 Å². The van der Waals surface area contributed by atoms with Crippen molar-refractivity contribution in [2.75, 3.05) is 9.80 Å². The minimum absolute atomic E-state index is 0.247. The summed E-state index contributed by atoms with van der Waals surface area (Å²) >= 11 is 0. The molecule has 0 spiro atoms. The maximum Gasteiger partial charge on any atom is 0.0562 e. The number of hydrogen-bond donors (Lipinski definition) is 1. The summed E-state index contributed by atoms with van der Waals surface area (Å²) < 4.78 is 0. The third kappa shape index (κ3) is 6.06. The number of aliphatic hydroxyl groups is 1. The van der Waals surface area contributed by atoms with E-state index in [0.717, 1.165) is 42.0 Å². The third-order valence-corrected chi connectivity index (χ3v) is 8.17. The van der Waals surface area contributed by atoms with Gasteiger partial charge in [0.2, 0.25) is 0 Å². The van der Waals surface area contributed by atoms with E-state index in [2.05, 4.69) is 157 Å². The van der Waals surface area contributed by atoms with Crippen LogP contribution in [0.5, 0.6) is 0 Å². The molecule has 0 amide bonds. The number of anilines is 5. The Morgan fingerprint density at radius 3 is 1.63 bits per heavy atom. The van der Waals surface area contributed by atoms with Crippen LogP contribution in [0.2, 0.25) is 0 Å². The second kappa shape index (κ2) is 12.0. The zero-order valence-electron chi connectivity index (χ0n) is 23.9. The van der Waals surface area contributed by atoms with Gasteiger partial charge in [0.05, 0.1) is 6.10 Å². The van der Waals surface area contributed by atoms with Crippen molar-refractivity contribution in [3.05, 3.63) is 139 Å². The van der Waals surface area contributed by atoms with Crippen molar-refractivity contribution in [1.82, 2.24) is 0 Å². The lowest BCUT2D eigenvalue weighted by molar-refractivity contribution is 0.0958. The Balaban J connectivity index is 1.29. The molecule has 5 aromatic carbocycles. The Hall–Kier alpha value is -4.34. The number of nitrogens with zero attached hydrogens (tertiary/aromatic N) is 2. The van der Waals surface area contributed by atoms with E-state index in [1.165, 1.54) is 22.4 Å². The fraction of sp³-hybridized carbons (Fsp3) is 0.211. The monoisotopic (exact) mass is 538 g/mol. The van der Waals surface area contributed by atoms with Crippen LogP contribution in [0.1, 0.15) is 31.7 Å². The van der Waals surface area contributed by atoms with E-state index >= 15 is 0 Å². The van der Waals surface area contributed by atoms with Gasteiger partial charge in [0, 0.05) is 34.5 Å². The van der Waals surface area contributed by atoms with Gasteiger partial charge in [-0.2, -0.15) is 0 Å². The van der Waals surface area contributed by atoms with Gasteiger partial charge >= 0.3 is 0 Å². The zero-order valence-corrected chi connectivity index (χ0v) is 23.9. The molecular weight excluding hydrogens is 500 g/mol. The summed E-state index contributed by atoms with van der Waals surface area (Å²) in [7, 11) is 0. The smallest absolute Gasteiger partial charge is 0.0562 e. The lowest BCUT2D eigenvalue weighted by atomic mass is 9.84. The predicted molar refractivity (Wildman–Crippen MR) is 173 cm³/mol. The fourth-order valence-electron chi connectivity index (χ4n) is 6.31. The van der Waals surface area contributed by atoms with Gasteiger partial charge < -0.3 is 14.9 Å². The summed E-state index contributed by atoms with van der Waals surface area (Å²) in [6, 6.07) is 47.8. The second-order valence-corrected chi connectivity index (χ2v) is 11.4. The van der Waals surface area contributed by atoms with Crippen molar-refractivity contribution in [1.29, 1.82) is 0 Å². The molecule has 0 aliphatic heterocycles.